The summed E-state index contributed by atoms with van der Waals surface area (Å²) in [7, 11) is -2.61. The average Bonchev–Trinajstić information content (AvgIpc) is 2.54. The monoisotopic (exact) mass is 321 g/mol. The maximum atomic E-state index is 11.9. The van der Waals surface area contributed by atoms with E-state index in [0.717, 1.165) is 15.9 Å². The fourth-order valence-electron chi connectivity index (χ4n) is 2.93. The van der Waals surface area contributed by atoms with Crippen molar-refractivity contribution in [3.8, 4) is 0 Å². The molecule has 1 nitrogen and oxygen atoms in total. The summed E-state index contributed by atoms with van der Waals surface area (Å²) in [6.45, 7) is 6.21. The molecule has 2 heteroatoms. The first-order valence-corrected chi connectivity index (χ1v) is 9.58. The minimum Gasteiger partial charge on any atom is -0.366 e. The lowest BCUT2D eigenvalue weighted by molar-refractivity contribution is 0.633. The maximum absolute atomic E-state index is 11.9. The van der Waals surface area contributed by atoms with Crippen LogP contribution in [0.4, 0.5) is 0 Å². The average molecular weight is 321 g/mol. The van der Waals surface area contributed by atoms with Gasteiger partial charge in [-0.15, -0.1) is 0 Å². The molecule has 3 aromatic rings. The summed E-state index contributed by atoms with van der Waals surface area (Å²) in [5.74, 6) is 0. The molecule has 0 saturated heterocycles. The zero-order chi connectivity index (χ0) is 16.4. The summed E-state index contributed by atoms with van der Waals surface area (Å²) in [6.07, 6.45) is 0. The van der Waals surface area contributed by atoms with Crippen LogP contribution >= 0.6 is 7.49 Å². The molecular weight excluding hydrogens is 299 g/mol. The minimum atomic E-state index is -2.61. The van der Waals surface area contributed by atoms with Gasteiger partial charge in [0, 0.05) is 15.9 Å². The summed E-state index contributed by atoms with van der Waals surface area (Å²) >= 11 is 0. The summed E-state index contributed by atoms with van der Waals surface area (Å²) in [4.78, 5) is 11.9. The van der Waals surface area contributed by atoms with E-state index in [1.807, 2.05) is 36.4 Å². The van der Waals surface area contributed by atoms with Gasteiger partial charge in [-0.1, -0.05) is 71.3 Å². The minimum absolute atomic E-state index is 1.01. The van der Waals surface area contributed by atoms with Gasteiger partial charge in [0.2, 0.25) is 0 Å². The zero-order valence-electron chi connectivity index (χ0n) is 13.8. The quantitative estimate of drug-likeness (QED) is 0.727. The Morgan fingerprint density at radius 3 is 1.13 bits per heavy atom. The van der Waals surface area contributed by atoms with E-state index in [1.165, 1.54) is 16.7 Å². The van der Waals surface area contributed by atoms with Gasteiger partial charge < -0.3 is 4.89 Å². The van der Waals surface area contributed by atoms with Gasteiger partial charge in [0.1, 0.15) is 0 Å². The second-order valence-electron chi connectivity index (χ2n) is 6.15. The van der Waals surface area contributed by atoms with Crippen LogP contribution in [0.15, 0.2) is 72.8 Å². The fourth-order valence-corrected chi connectivity index (χ4v) is 5.91. The van der Waals surface area contributed by atoms with Gasteiger partial charge >= 0.3 is 0 Å². The van der Waals surface area contributed by atoms with Gasteiger partial charge in [0.15, 0.2) is 0 Å². The molecule has 1 radical (unpaired) electrons. The van der Waals surface area contributed by atoms with Crippen LogP contribution in [0.25, 0.3) is 0 Å². The lowest BCUT2D eigenvalue weighted by Gasteiger charge is -2.32. The maximum Gasteiger partial charge on any atom is 0.0666 e. The standard InChI is InChI=1S/C21H22OP/c1-16-7-4-10-19(13-16)23(22,20-11-5-8-17(2)14-20)21-12-6-9-18(3)15-21/h4-15,22H,1-3H3. The predicted octanol–water partition coefficient (Wildman–Crippen LogP) is 3.81. The van der Waals surface area contributed by atoms with E-state index in [1.54, 1.807) is 0 Å². The summed E-state index contributed by atoms with van der Waals surface area (Å²) in [6, 6.07) is 24.8. The molecule has 1 N–H and O–H groups in total. The Morgan fingerprint density at radius 2 is 0.870 bits per heavy atom. The highest BCUT2D eigenvalue weighted by molar-refractivity contribution is 7.91. The first kappa shape index (κ1) is 15.9. The molecule has 0 aliphatic carbocycles. The Morgan fingerprint density at radius 1 is 0.565 bits per heavy atom. The molecular formula is C21H22OP. The molecule has 0 fully saturated rings. The van der Waals surface area contributed by atoms with Crippen LogP contribution in [0, 0.1) is 20.8 Å². The lowest BCUT2D eigenvalue weighted by atomic mass is 10.2. The Balaban J connectivity index is 2.29. The highest BCUT2D eigenvalue weighted by Gasteiger charge is 2.32. The molecule has 0 aliphatic rings. The molecule has 0 aromatic heterocycles. The van der Waals surface area contributed by atoms with Gasteiger partial charge in [0.25, 0.3) is 0 Å². The zero-order valence-corrected chi connectivity index (χ0v) is 14.7. The van der Waals surface area contributed by atoms with Crippen molar-refractivity contribution in [3.05, 3.63) is 89.5 Å². The lowest BCUT2D eigenvalue weighted by Crippen LogP contribution is -2.31. The predicted molar refractivity (Wildman–Crippen MR) is 102 cm³/mol. The van der Waals surface area contributed by atoms with Crippen molar-refractivity contribution in [2.75, 3.05) is 0 Å². The van der Waals surface area contributed by atoms with E-state index in [4.69, 9.17) is 0 Å². The van der Waals surface area contributed by atoms with Crippen molar-refractivity contribution in [3.63, 3.8) is 0 Å². The van der Waals surface area contributed by atoms with Crippen LogP contribution in [-0.2, 0) is 0 Å². The van der Waals surface area contributed by atoms with E-state index in [0.29, 0.717) is 0 Å². The van der Waals surface area contributed by atoms with Crippen molar-refractivity contribution < 1.29 is 4.89 Å². The normalized spacial score (nSPS) is 11.5. The summed E-state index contributed by atoms with van der Waals surface area (Å²) in [5, 5.41) is 3.02. The number of benzene rings is 3. The number of aryl methyl sites for hydroxylation is 3. The van der Waals surface area contributed by atoms with Crippen molar-refractivity contribution in [1.82, 2.24) is 0 Å². The molecule has 0 atom stereocenters. The van der Waals surface area contributed by atoms with Crippen LogP contribution in [0.1, 0.15) is 16.7 Å². The first-order valence-electron chi connectivity index (χ1n) is 7.83. The molecule has 0 saturated carbocycles. The van der Waals surface area contributed by atoms with E-state index in [9.17, 15) is 4.89 Å². The van der Waals surface area contributed by atoms with Crippen molar-refractivity contribution >= 4 is 23.4 Å². The molecule has 3 aromatic carbocycles. The molecule has 0 amide bonds. The van der Waals surface area contributed by atoms with Crippen molar-refractivity contribution in [1.29, 1.82) is 0 Å². The molecule has 0 bridgehead atoms. The SMILES string of the molecule is Cc1cccc([P](O)(c2cccc(C)c2)c2cccc(C)c2)c1. The second-order valence-corrected chi connectivity index (χ2v) is 8.97. The third-order valence-corrected chi connectivity index (χ3v) is 7.20. The first-order chi connectivity index (χ1) is 11.0. The third kappa shape index (κ3) is 3.08. The van der Waals surface area contributed by atoms with Crippen LogP contribution in [-0.4, -0.2) is 4.89 Å². The van der Waals surface area contributed by atoms with Gasteiger partial charge in [-0.25, -0.2) is 0 Å². The molecule has 0 aliphatic heterocycles. The molecule has 3 rings (SSSR count). The number of hydrogen-bond acceptors (Lipinski definition) is 1. The van der Waals surface area contributed by atoms with Gasteiger partial charge in [-0.05, 0) is 39.0 Å². The third-order valence-electron chi connectivity index (χ3n) is 4.13. The Bertz CT molecular complexity index is 728. The van der Waals surface area contributed by atoms with Gasteiger partial charge in [0.05, 0.1) is 7.49 Å². The molecule has 0 unspecified atom stereocenters. The fraction of sp³-hybridized carbons (Fsp3) is 0.143. The molecule has 117 valence electrons. The highest BCUT2D eigenvalue weighted by Crippen LogP contribution is 2.51. The van der Waals surface area contributed by atoms with Crippen molar-refractivity contribution in [2.24, 2.45) is 0 Å². The van der Waals surface area contributed by atoms with E-state index >= 15 is 0 Å². The Kier molecular flexibility index (Phi) is 4.35. The van der Waals surface area contributed by atoms with Crippen LogP contribution < -0.4 is 15.9 Å². The summed E-state index contributed by atoms with van der Waals surface area (Å²) < 4.78 is 0. The molecule has 0 spiro atoms. The van der Waals surface area contributed by atoms with E-state index in [2.05, 4.69) is 57.2 Å². The molecule has 0 heterocycles. The van der Waals surface area contributed by atoms with Crippen LogP contribution in [0.5, 0.6) is 0 Å². The van der Waals surface area contributed by atoms with Gasteiger partial charge in [-0.2, -0.15) is 0 Å². The smallest absolute Gasteiger partial charge is 0.0666 e. The Hall–Kier alpha value is -1.95. The van der Waals surface area contributed by atoms with Crippen LogP contribution in [0.3, 0.4) is 0 Å². The summed E-state index contributed by atoms with van der Waals surface area (Å²) in [5.41, 5.74) is 3.50. The largest absolute Gasteiger partial charge is 0.366 e. The highest BCUT2D eigenvalue weighted by atomic mass is 31.2. The topological polar surface area (TPSA) is 20.2 Å². The Labute approximate surface area is 139 Å². The second kappa shape index (κ2) is 6.28. The van der Waals surface area contributed by atoms with E-state index < -0.39 is 7.49 Å². The van der Waals surface area contributed by atoms with Crippen molar-refractivity contribution in [2.45, 2.75) is 20.8 Å². The molecule has 23 heavy (non-hydrogen) atoms. The van der Waals surface area contributed by atoms with Crippen LogP contribution in [0.2, 0.25) is 0 Å². The van der Waals surface area contributed by atoms with Gasteiger partial charge in [-0.3, -0.25) is 0 Å². The number of hydrogen-bond donors (Lipinski definition) is 1. The van der Waals surface area contributed by atoms with E-state index in [-0.39, 0.29) is 0 Å². The number of rotatable bonds is 3.